The first-order valence-electron chi connectivity index (χ1n) is 15.5. The van der Waals surface area contributed by atoms with Crippen molar-refractivity contribution in [3.63, 3.8) is 0 Å². The predicted octanol–water partition coefficient (Wildman–Crippen LogP) is 10.8. The summed E-state index contributed by atoms with van der Waals surface area (Å²) in [6, 6.07) is 6.32. The van der Waals surface area contributed by atoms with Gasteiger partial charge in [-0.25, -0.2) is 8.78 Å². The second kappa shape index (κ2) is 17.8. The van der Waals surface area contributed by atoms with Gasteiger partial charge >= 0.3 is 0 Å². The summed E-state index contributed by atoms with van der Waals surface area (Å²) in [6.45, 7) is 0. The van der Waals surface area contributed by atoms with Crippen LogP contribution >= 0.6 is 15.8 Å². The van der Waals surface area contributed by atoms with Crippen molar-refractivity contribution in [1.29, 1.82) is 0 Å². The van der Waals surface area contributed by atoms with Gasteiger partial charge in [0.1, 0.15) is 0 Å². The summed E-state index contributed by atoms with van der Waals surface area (Å²) in [5.41, 5.74) is 4.73. The van der Waals surface area contributed by atoms with E-state index < -0.39 is 11.6 Å². The summed E-state index contributed by atoms with van der Waals surface area (Å²) < 4.78 is 23.8. The van der Waals surface area contributed by atoms with Gasteiger partial charge in [-0.05, 0) is 86.3 Å². The van der Waals surface area contributed by atoms with E-state index in [4.69, 9.17) is 0 Å². The Kier molecular flexibility index (Phi) is 15.3. The van der Waals surface area contributed by atoms with Crippen molar-refractivity contribution >= 4 is 15.8 Å². The molecular formula is C32H50F2NiP2. The van der Waals surface area contributed by atoms with Gasteiger partial charge in [0.2, 0.25) is 0 Å². The van der Waals surface area contributed by atoms with Crippen LogP contribution in [0.15, 0.2) is 12.1 Å². The van der Waals surface area contributed by atoms with Gasteiger partial charge in [-0.1, -0.05) is 105 Å². The molecule has 1 aromatic carbocycles. The summed E-state index contributed by atoms with van der Waals surface area (Å²) in [5, 5.41) is 0. The number of halogens is 2. The molecule has 0 bridgehead atoms. The Bertz CT molecular complexity index is 626. The fourth-order valence-corrected chi connectivity index (χ4v) is 16.2. The molecule has 0 N–H and O–H groups in total. The van der Waals surface area contributed by atoms with Gasteiger partial charge in [-0.3, -0.25) is 0 Å². The molecule has 0 heterocycles. The fourth-order valence-electron chi connectivity index (χ4n) is 7.56. The molecule has 0 spiro atoms. The maximum absolute atomic E-state index is 11.9. The summed E-state index contributed by atoms with van der Waals surface area (Å²) in [7, 11) is 0.689. The van der Waals surface area contributed by atoms with Crippen LogP contribution < -0.4 is 0 Å². The van der Waals surface area contributed by atoms with Crippen molar-refractivity contribution in [2.75, 3.05) is 12.3 Å². The minimum absolute atomic E-state index is 0. The molecule has 0 amide bonds. The van der Waals surface area contributed by atoms with Crippen LogP contribution in [-0.2, 0) is 16.5 Å². The molecule has 0 nitrogen and oxygen atoms in total. The molecule has 5 heteroatoms. The zero-order chi connectivity index (χ0) is 25.0. The zero-order valence-corrected chi connectivity index (χ0v) is 25.8. The van der Waals surface area contributed by atoms with Crippen LogP contribution in [-0.4, -0.2) is 35.0 Å². The van der Waals surface area contributed by atoms with Crippen LogP contribution in [0.1, 0.15) is 128 Å². The van der Waals surface area contributed by atoms with Crippen molar-refractivity contribution in [2.24, 2.45) is 0 Å². The molecule has 4 aliphatic carbocycles. The van der Waals surface area contributed by atoms with E-state index in [2.05, 4.69) is 12.1 Å². The van der Waals surface area contributed by atoms with E-state index in [-0.39, 0.29) is 16.5 Å². The molecule has 212 valence electrons. The van der Waals surface area contributed by atoms with Crippen LogP contribution in [0.4, 0.5) is 8.78 Å². The Morgan fingerprint density at radius 2 is 0.730 bits per heavy atom. The largest absolute Gasteiger partial charge is 0.203 e. The van der Waals surface area contributed by atoms with E-state index in [1.807, 2.05) is 0 Å². The fraction of sp³-hybridized carbons (Fsp3) is 0.812. The molecule has 4 fully saturated rings. The summed E-state index contributed by atoms with van der Waals surface area (Å²) in [4.78, 5) is 0. The number of rotatable bonds is 7. The average molecular weight is 593 g/mol. The van der Waals surface area contributed by atoms with Gasteiger partial charge < -0.3 is 0 Å². The molecule has 4 saturated carbocycles. The van der Waals surface area contributed by atoms with Gasteiger partial charge in [0, 0.05) is 28.6 Å². The molecule has 0 aliphatic heterocycles. The third-order valence-electron chi connectivity index (χ3n) is 9.50. The SMILES string of the molecule is C1CCC(P(CCP(C2CCCCC2)C2CCCCC2)C2CCCCC2)CC1.Fc1cc#ccc1F.[Ni]. The standard InChI is InChI=1S/C26H48P2.C6H2F2.Ni/c1-5-13-23(14-6-1)27(24-15-7-2-8-16-24)21-22-28(25-17-9-3-10-18-25)26-19-11-4-12-20-26;7-5-3-1-2-4-6(5)8;/h23-26H,1-22H2;3-4H;. The van der Waals surface area contributed by atoms with Crippen LogP contribution in [0.2, 0.25) is 0 Å². The monoisotopic (exact) mass is 592 g/mol. The molecule has 0 saturated heterocycles. The van der Waals surface area contributed by atoms with Crippen molar-refractivity contribution < 1.29 is 25.3 Å². The van der Waals surface area contributed by atoms with Crippen LogP contribution in [0.5, 0.6) is 0 Å². The molecule has 0 atom stereocenters. The van der Waals surface area contributed by atoms with Crippen LogP contribution in [0.25, 0.3) is 0 Å². The smallest absolute Gasteiger partial charge is 0.167 e. The van der Waals surface area contributed by atoms with Gasteiger partial charge in [0.25, 0.3) is 0 Å². The molecule has 37 heavy (non-hydrogen) atoms. The number of hydrogen-bond donors (Lipinski definition) is 0. The van der Waals surface area contributed by atoms with Crippen molar-refractivity contribution in [3.05, 3.63) is 35.9 Å². The molecule has 0 unspecified atom stereocenters. The summed E-state index contributed by atoms with van der Waals surface area (Å²) in [5.74, 6) is -1.77. The third-order valence-corrected chi connectivity index (χ3v) is 17.2. The van der Waals surface area contributed by atoms with Crippen LogP contribution in [0.3, 0.4) is 0 Å². The van der Waals surface area contributed by atoms with E-state index >= 15 is 0 Å². The maximum Gasteiger partial charge on any atom is 0.167 e. The second-order valence-electron chi connectivity index (χ2n) is 11.9. The quantitative estimate of drug-likeness (QED) is 0.218. The minimum atomic E-state index is -0.885. The predicted molar refractivity (Wildman–Crippen MR) is 155 cm³/mol. The molecule has 4 aliphatic rings. The first-order chi connectivity index (χ1) is 17.7. The summed E-state index contributed by atoms with van der Waals surface area (Å²) >= 11 is 0. The van der Waals surface area contributed by atoms with E-state index in [0.29, 0.717) is 15.8 Å². The Morgan fingerprint density at radius 3 is 0.946 bits per heavy atom. The van der Waals surface area contributed by atoms with E-state index in [1.54, 1.807) is 141 Å². The maximum atomic E-state index is 11.9. The molecular weight excluding hydrogens is 543 g/mol. The van der Waals surface area contributed by atoms with Crippen molar-refractivity contribution in [2.45, 2.75) is 151 Å². The van der Waals surface area contributed by atoms with Gasteiger partial charge in [0.05, 0.1) is 0 Å². The Labute approximate surface area is 239 Å². The van der Waals surface area contributed by atoms with Crippen LogP contribution in [0, 0.1) is 23.8 Å². The van der Waals surface area contributed by atoms with Gasteiger partial charge in [-0.2, -0.15) is 0 Å². The molecule has 0 aromatic heterocycles. The van der Waals surface area contributed by atoms with E-state index in [9.17, 15) is 8.78 Å². The minimum Gasteiger partial charge on any atom is -0.203 e. The van der Waals surface area contributed by atoms with Gasteiger partial charge in [0.15, 0.2) is 11.6 Å². The Balaban J connectivity index is 0.000000363. The summed E-state index contributed by atoms with van der Waals surface area (Å²) in [6.07, 6.45) is 35.1. The third kappa shape index (κ3) is 10.3. The van der Waals surface area contributed by atoms with E-state index in [1.165, 1.54) is 22.6 Å². The Hall–Kier alpha value is 0.254. The molecule has 0 radical (unpaired) electrons. The second-order valence-corrected chi connectivity index (χ2v) is 17.8. The molecule has 5 rings (SSSR count). The average Bonchev–Trinajstić information content (AvgIpc) is 2.95. The topological polar surface area (TPSA) is 0 Å². The Morgan fingerprint density at radius 1 is 0.486 bits per heavy atom. The van der Waals surface area contributed by atoms with Crippen molar-refractivity contribution in [1.82, 2.24) is 0 Å². The first-order valence-corrected chi connectivity index (χ1v) is 18.8. The normalized spacial score (nSPS) is 22.7. The van der Waals surface area contributed by atoms with Gasteiger partial charge in [-0.15, -0.1) is 0 Å². The zero-order valence-electron chi connectivity index (χ0n) is 23.0. The van der Waals surface area contributed by atoms with E-state index in [0.717, 1.165) is 12.1 Å². The molecule has 1 aromatic rings. The van der Waals surface area contributed by atoms with Crippen molar-refractivity contribution in [3.8, 4) is 0 Å². The first kappa shape index (κ1) is 31.8. The number of hydrogen-bond acceptors (Lipinski definition) is 0.